The van der Waals surface area contributed by atoms with Crippen molar-refractivity contribution in [2.24, 2.45) is 0 Å². The molecule has 0 aliphatic carbocycles. The van der Waals surface area contributed by atoms with Crippen LogP contribution in [-0.4, -0.2) is 16.6 Å². The molecule has 21 heavy (non-hydrogen) atoms. The highest BCUT2D eigenvalue weighted by atomic mass is 32.2. The Morgan fingerprint density at radius 3 is 2.67 bits per heavy atom. The van der Waals surface area contributed by atoms with Crippen molar-refractivity contribution in [3.05, 3.63) is 64.0 Å². The van der Waals surface area contributed by atoms with Gasteiger partial charge in [0.15, 0.2) is 6.20 Å². The summed E-state index contributed by atoms with van der Waals surface area (Å²) in [5.74, 6) is -0.434. The van der Waals surface area contributed by atoms with E-state index in [4.69, 9.17) is 0 Å². The monoisotopic (exact) mass is 305 g/mol. The number of nitrogens with zero attached hydrogens (tertiary/aromatic N) is 2. The summed E-state index contributed by atoms with van der Waals surface area (Å²) in [7, 11) is 0. The lowest BCUT2D eigenvalue weighted by Crippen LogP contribution is -2.28. The Kier molecular flexibility index (Phi) is 4.72. The molecule has 1 N–H and O–H groups in total. The van der Waals surface area contributed by atoms with Gasteiger partial charge in [0.2, 0.25) is 5.91 Å². The second kappa shape index (κ2) is 6.71. The van der Waals surface area contributed by atoms with Gasteiger partial charge in [0.25, 0.3) is 10.7 Å². The highest BCUT2D eigenvalue weighted by Crippen LogP contribution is 2.23. The van der Waals surface area contributed by atoms with E-state index in [-0.39, 0.29) is 17.1 Å². The summed E-state index contributed by atoms with van der Waals surface area (Å²) >= 11 is 1.06. The molecule has 0 aliphatic rings. The third kappa shape index (κ3) is 3.93. The van der Waals surface area contributed by atoms with Gasteiger partial charge in [-0.25, -0.2) is 0 Å². The maximum Gasteiger partial charge on any atom is 0.292 e. The molecule has 8 heteroatoms. The zero-order valence-corrected chi connectivity index (χ0v) is 11.6. The van der Waals surface area contributed by atoms with Crippen LogP contribution >= 0.6 is 11.8 Å². The highest BCUT2D eigenvalue weighted by molar-refractivity contribution is 7.99. The number of nitro groups is 1. The number of thioether (sulfide) groups is 1. The van der Waals surface area contributed by atoms with Gasteiger partial charge in [0, 0.05) is 18.2 Å². The van der Waals surface area contributed by atoms with E-state index in [1.165, 1.54) is 24.4 Å². The first-order valence-corrected chi connectivity index (χ1v) is 6.91. The maximum absolute atomic E-state index is 11.8. The van der Waals surface area contributed by atoms with Gasteiger partial charge in [0.05, 0.1) is 10.7 Å². The lowest BCUT2D eigenvalue weighted by molar-refractivity contribution is -0.645. The Labute approximate surface area is 124 Å². The molecule has 108 valence electrons. The summed E-state index contributed by atoms with van der Waals surface area (Å²) in [6.07, 6.45) is 1.34. The molecule has 0 bridgehead atoms. The van der Waals surface area contributed by atoms with Gasteiger partial charge in [0.1, 0.15) is 5.69 Å². The third-order valence-corrected chi connectivity index (χ3v) is 3.53. The van der Waals surface area contributed by atoms with E-state index in [9.17, 15) is 20.1 Å². The predicted molar refractivity (Wildman–Crippen MR) is 77.9 cm³/mol. The van der Waals surface area contributed by atoms with Crippen molar-refractivity contribution in [3.8, 4) is 0 Å². The lowest BCUT2D eigenvalue weighted by atomic mass is 10.2. The predicted octanol–water partition coefficient (Wildman–Crippen LogP) is 1.96. The molecule has 0 atom stereocenters. The number of aromatic nitrogens is 1. The molecular formula is C13H11N3O4S. The van der Waals surface area contributed by atoms with Gasteiger partial charge >= 0.3 is 0 Å². The number of carbonyl (C=O) groups excluding carboxylic acids is 1. The SMILES string of the molecule is O=C(CSc1cccc[n+]1[O-])Nc1ccccc1[N+](=O)[O-]. The molecule has 7 nitrogen and oxygen atoms in total. The number of nitro benzene ring substituents is 1. The topological polar surface area (TPSA) is 99.2 Å². The quantitative estimate of drug-likeness (QED) is 0.299. The zero-order chi connectivity index (χ0) is 15.2. The first kappa shape index (κ1) is 14.8. The average Bonchev–Trinajstić information content (AvgIpc) is 2.47. The number of hydrogen-bond acceptors (Lipinski definition) is 5. The zero-order valence-electron chi connectivity index (χ0n) is 10.8. The fourth-order valence-electron chi connectivity index (χ4n) is 1.59. The largest absolute Gasteiger partial charge is 0.618 e. The van der Waals surface area contributed by atoms with E-state index >= 15 is 0 Å². The van der Waals surface area contributed by atoms with Crippen LogP contribution in [0.1, 0.15) is 0 Å². The summed E-state index contributed by atoms with van der Waals surface area (Å²) in [6.45, 7) is 0. The van der Waals surface area contributed by atoms with Crippen molar-refractivity contribution in [2.75, 3.05) is 11.1 Å². The van der Waals surface area contributed by atoms with E-state index in [0.29, 0.717) is 9.76 Å². The first-order valence-electron chi connectivity index (χ1n) is 5.92. The van der Waals surface area contributed by atoms with Crippen LogP contribution in [0.2, 0.25) is 0 Å². The summed E-state index contributed by atoms with van der Waals surface area (Å²) in [5.41, 5.74) is -0.0365. The Hall–Kier alpha value is -2.61. The van der Waals surface area contributed by atoms with Crippen LogP contribution in [0, 0.1) is 15.3 Å². The molecule has 0 spiro atoms. The van der Waals surface area contributed by atoms with E-state index in [0.717, 1.165) is 11.8 Å². The van der Waals surface area contributed by atoms with Crippen LogP contribution in [0.4, 0.5) is 11.4 Å². The van der Waals surface area contributed by atoms with E-state index < -0.39 is 10.8 Å². The minimum atomic E-state index is -0.564. The molecule has 0 aliphatic heterocycles. The first-order chi connectivity index (χ1) is 10.1. The van der Waals surface area contributed by atoms with Gasteiger partial charge in [-0.2, -0.15) is 4.73 Å². The maximum atomic E-state index is 11.8. The van der Waals surface area contributed by atoms with Crippen LogP contribution < -0.4 is 10.0 Å². The molecule has 1 amide bonds. The molecule has 1 aromatic heterocycles. The van der Waals surface area contributed by atoms with Crippen molar-refractivity contribution in [3.63, 3.8) is 0 Å². The molecule has 2 aromatic rings. The molecule has 1 heterocycles. The van der Waals surface area contributed by atoms with Crippen molar-refractivity contribution in [2.45, 2.75) is 5.03 Å². The summed E-state index contributed by atoms with van der Waals surface area (Å²) in [4.78, 5) is 22.1. The second-order valence-corrected chi connectivity index (χ2v) is 4.97. The van der Waals surface area contributed by atoms with Crippen molar-refractivity contribution >= 4 is 29.0 Å². The van der Waals surface area contributed by atoms with Crippen LogP contribution in [0.25, 0.3) is 0 Å². The molecule has 2 rings (SSSR count). The number of rotatable bonds is 5. The number of benzene rings is 1. The summed E-state index contributed by atoms with van der Waals surface area (Å²) in [6, 6.07) is 10.8. The molecule has 0 saturated heterocycles. The van der Waals surface area contributed by atoms with E-state index in [2.05, 4.69) is 5.32 Å². The Bertz CT molecular complexity index is 678. The standard InChI is InChI=1S/C13H11N3O4S/c17-12(9-21-13-7-3-4-8-15(13)18)14-10-5-1-2-6-11(10)16(19)20/h1-8H,9H2,(H,14,17). The number of hydrogen-bond donors (Lipinski definition) is 1. The molecule has 0 saturated carbocycles. The molecular weight excluding hydrogens is 294 g/mol. The van der Waals surface area contributed by atoms with Gasteiger partial charge in [-0.3, -0.25) is 14.9 Å². The van der Waals surface area contributed by atoms with Crippen molar-refractivity contribution < 1.29 is 14.4 Å². The molecule has 0 radical (unpaired) electrons. The van der Waals surface area contributed by atoms with E-state index in [1.54, 1.807) is 24.3 Å². The van der Waals surface area contributed by atoms with Gasteiger partial charge in [-0.1, -0.05) is 12.1 Å². The number of anilines is 1. The fourth-order valence-corrected chi connectivity index (χ4v) is 2.30. The van der Waals surface area contributed by atoms with Crippen LogP contribution in [0.5, 0.6) is 0 Å². The third-order valence-electron chi connectivity index (χ3n) is 2.51. The van der Waals surface area contributed by atoms with Crippen molar-refractivity contribution in [1.82, 2.24) is 0 Å². The Balaban J connectivity index is 2.00. The number of carbonyl (C=O) groups is 1. The fraction of sp³-hybridized carbons (Fsp3) is 0.0769. The molecule has 0 unspecified atom stereocenters. The minimum Gasteiger partial charge on any atom is -0.618 e. The second-order valence-electron chi connectivity index (χ2n) is 3.98. The van der Waals surface area contributed by atoms with Gasteiger partial charge in [-0.15, -0.1) is 0 Å². The Morgan fingerprint density at radius 1 is 1.24 bits per heavy atom. The van der Waals surface area contributed by atoms with Crippen molar-refractivity contribution in [1.29, 1.82) is 0 Å². The number of para-hydroxylation sites is 2. The van der Waals surface area contributed by atoms with Crippen LogP contribution in [0.3, 0.4) is 0 Å². The van der Waals surface area contributed by atoms with Crippen LogP contribution in [-0.2, 0) is 4.79 Å². The number of pyridine rings is 1. The number of amides is 1. The number of nitrogens with one attached hydrogen (secondary N) is 1. The summed E-state index contributed by atoms with van der Waals surface area (Å²) < 4.78 is 0.656. The lowest BCUT2D eigenvalue weighted by Gasteiger charge is -2.06. The summed E-state index contributed by atoms with van der Waals surface area (Å²) in [5, 5.41) is 25.1. The highest BCUT2D eigenvalue weighted by Gasteiger charge is 2.15. The van der Waals surface area contributed by atoms with E-state index in [1.807, 2.05) is 0 Å². The normalized spacial score (nSPS) is 10.1. The molecule has 0 fully saturated rings. The van der Waals surface area contributed by atoms with Gasteiger partial charge < -0.3 is 10.5 Å². The average molecular weight is 305 g/mol. The smallest absolute Gasteiger partial charge is 0.292 e. The van der Waals surface area contributed by atoms with Gasteiger partial charge in [-0.05, 0) is 23.9 Å². The minimum absolute atomic E-state index is 0.0156. The molecule has 1 aromatic carbocycles. The Morgan fingerprint density at radius 2 is 1.95 bits per heavy atom. The van der Waals surface area contributed by atoms with Crippen LogP contribution in [0.15, 0.2) is 53.7 Å².